The van der Waals surface area contributed by atoms with E-state index in [0.717, 1.165) is 28.8 Å². The number of hydrogen-bond donors (Lipinski definition) is 1. The van der Waals surface area contributed by atoms with Gasteiger partial charge in [-0.2, -0.15) is 0 Å². The number of carbonyl (C=O) groups excluding carboxylic acids is 1. The van der Waals surface area contributed by atoms with Gasteiger partial charge in [0.1, 0.15) is 5.75 Å². The molecule has 114 valence electrons. The van der Waals surface area contributed by atoms with Crippen molar-refractivity contribution in [2.75, 3.05) is 12.4 Å². The van der Waals surface area contributed by atoms with Gasteiger partial charge in [-0.25, -0.2) is 0 Å². The molecule has 0 unspecified atom stereocenters. The highest BCUT2D eigenvalue weighted by atomic mass is 79.9. The second kappa shape index (κ2) is 6.53. The Morgan fingerprint density at radius 1 is 1.09 bits per heavy atom. The van der Waals surface area contributed by atoms with Gasteiger partial charge in [0.15, 0.2) is 0 Å². The number of ether oxygens (including phenoxy) is 1. The molecule has 0 saturated heterocycles. The number of amides is 1. The molecule has 3 nitrogen and oxygen atoms in total. The Bertz CT molecular complexity index is 695. The van der Waals surface area contributed by atoms with Crippen molar-refractivity contribution >= 4 is 27.5 Å². The van der Waals surface area contributed by atoms with E-state index in [9.17, 15) is 4.79 Å². The molecule has 0 spiro atoms. The molecule has 1 aliphatic rings. The Balaban J connectivity index is 1.87. The van der Waals surface area contributed by atoms with Gasteiger partial charge in [0.25, 0.3) is 5.91 Å². The van der Waals surface area contributed by atoms with E-state index in [0.29, 0.717) is 5.56 Å². The molecule has 1 N–H and O–H groups in total. The van der Waals surface area contributed by atoms with Crippen molar-refractivity contribution in [3.05, 3.63) is 57.6 Å². The second-order valence-corrected chi connectivity index (χ2v) is 6.41. The summed E-state index contributed by atoms with van der Waals surface area (Å²) in [7, 11) is 1.64. The Morgan fingerprint density at radius 3 is 2.36 bits per heavy atom. The van der Waals surface area contributed by atoms with Gasteiger partial charge in [-0.3, -0.25) is 4.79 Å². The lowest BCUT2D eigenvalue weighted by atomic mass is 9.91. The molecule has 4 heteroatoms. The van der Waals surface area contributed by atoms with E-state index in [4.69, 9.17) is 4.74 Å². The first kappa shape index (κ1) is 15.1. The molecule has 0 aromatic heterocycles. The fraction of sp³-hybridized carbons (Fsp3) is 0.278. The molecule has 0 saturated carbocycles. The lowest BCUT2D eigenvalue weighted by molar-refractivity contribution is 0.102. The first-order valence-electron chi connectivity index (χ1n) is 7.44. The van der Waals surface area contributed by atoms with Gasteiger partial charge in [0.05, 0.1) is 12.8 Å². The van der Waals surface area contributed by atoms with Crippen molar-refractivity contribution in [3.8, 4) is 5.75 Å². The number of rotatable bonds is 3. The average molecular weight is 360 g/mol. The lowest BCUT2D eigenvalue weighted by Gasteiger charge is -2.19. The third-order valence-corrected chi connectivity index (χ3v) is 4.55. The van der Waals surface area contributed by atoms with Crippen LogP contribution in [-0.2, 0) is 12.8 Å². The fourth-order valence-corrected chi connectivity index (χ4v) is 3.09. The third-order valence-electron chi connectivity index (χ3n) is 4.02. The molecule has 3 rings (SSSR count). The van der Waals surface area contributed by atoms with Crippen LogP contribution in [0.25, 0.3) is 0 Å². The number of carbonyl (C=O) groups is 1. The number of nitrogens with one attached hydrogen (secondary N) is 1. The zero-order chi connectivity index (χ0) is 15.5. The summed E-state index contributed by atoms with van der Waals surface area (Å²) in [4.78, 5) is 12.4. The highest BCUT2D eigenvalue weighted by Crippen LogP contribution is 2.32. The molecular weight excluding hydrogens is 342 g/mol. The predicted octanol–water partition coefficient (Wildman–Crippen LogP) is 4.59. The Labute approximate surface area is 138 Å². The van der Waals surface area contributed by atoms with Crippen LogP contribution in [-0.4, -0.2) is 13.0 Å². The van der Waals surface area contributed by atoms with E-state index in [1.165, 1.54) is 24.0 Å². The molecule has 0 radical (unpaired) electrons. The van der Waals surface area contributed by atoms with Gasteiger partial charge >= 0.3 is 0 Å². The van der Waals surface area contributed by atoms with E-state index >= 15 is 0 Å². The van der Waals surface area contributed by atoms with Crippen LogP contribution in [0.3, 0.4) is 0 Å². The summed E-state index contributed by atoms with van der Waals surface area (Å²) >= 11 is 3.37. The van der Waals surface area contributed by atoms with Crippen LogP contribution in [0.5, 0.6) is 5.75 Å². The molecule has 2 aromatic rings. The summed E-state index contributed by atoms with van der Waals surface area (Å²) < 4.78 is 6.40. The first-order chi connectivity index (χ1) is 10.7. The predicted molar refractivity (Wildman–Crippen MR) is 91.7 cm³/mol. The molecule has 22 heavy (non-hydrogen) atoms. The maximum absolute atomic E-state index is 12.4. The van der Waals surface area contributed by atoms with E-state index in [1.807, 2.05) is 12.1 Å². The van der Waals surface area contributed by atoms with Crippen LogP contribution in [0.4, 0.5) is 5.69 Å². The van der Waals surface area contributed by atoms with Gasteiger partial charge in [0.2, 0.25) is 0 Å². The van der Waals surface area contributed by atoms with Crippen LogP contribution in [0.15, 0.2) is 40.9 Å². The topological polar surface area (TPSA) is 38.3 Å². The second-order valence-electron chi connectivity index (χ2n) is 5.49. The molecule has 1 aliphatic carbocycles. The maximum atomic E-state index is 12.4. The van der Waals surface area contributed by atoms with Gasteiger partial charge in [-0.15, -0.1) is 0 Å². The number of aryl methyl sites for hydroxylation is 2. The van der Waals surface area contributed by atoms with Crippen molar-refractivity contribution in [1.82, 2.24) is 0 Å². The van der Waals surface area contributed by atoms with Crippen LogP contribution < -0.4 is 10.1 Å². The molecule has 1 amide bonds. The van der Waals surface area contributed by atoms with Crippen LogP contribution >= 0.6 is 15.9 Å². The summed E-state index contributed by atoms with van der Waals surface area (Å²) in [5.74, 6) is 0.604. The minimum Gasteiger partial charge on any atom is -0.495 e. The molecule has 0 bridgehead atoms. The highest BCUT2D eigenvalue weighted by Gasteiger charge is 2.16. The zero-order valence-corrected chi connectivity index (χ0v) is 14.1. The van der Waals surface area contributed by atoms with Crippen molar-refractivity contribution in [3.63, 3.8) is 0 Å². The summed E-state index contributed by atoms with van der Waals surface area (Å²) in [6.45, 7) is 0. The van der Waals surface area contributed by atoms with Crippen LogP contribution in [0.1, 0.15) is 34.3 Å². The molecule has 0 heterocycles. The van der Waals surface area contributed by atoms with E-state index < -0.39 is 0 Å². The first-order valence-corrected chi connectivity index (χ1v) is 8.23. The van der Waals surface area contributed by atoms with Gasteiger partial charge in [-0.1, -0.05) is 15.9 Å². The summed E-state index contributed by atoms with van der Waals surface area (Å²) in [6.07, 6.45) is 4.59. The minimum absolute atomic E-state index is 0.124. The SMILES string of the molecule is COc1cc2c(cc1NC(=O)c1ccc(Br)cc1)CCCC2. The zero-order valence-electron chi connectivity index (χ0n) is 12.5. The molecule has 0 fully saturated rings. The Morgan fingerprint density at radius 2 is 1.73 bits per heavy atom. The van der Waals surface area contributed by atoms with Crippen LogP contribution in [0.2, 0.25) is 0 Å². The minimum atomic E-state index is -0.124. The normalized spacial score (nSPS) is 13.4. The van der Waals surface area contributed by atoms with Crippen molar-refractivity contribution in [1.29, 1.82) is 0 Å². The smallest absolute Gasteiger partial charge is 0.255 e. The van der Waals surface area contributed by atoms with E-state index in [2.05, 4.69) is 33.4 Å². The maximum Gasteiger partial charge on any atom is 0.255 e. The van der Waals surface area contributed by atoms with Crippen molar-refractivity contribution in [2.45, 2.75) is 25.7 Å². The number of benzene rings is 2. The van der Waals surface area contributed by atoms with Crippen molar-refractivity contribution in [2.24, 2.45) is 0 Å². The standard InChI is InChI=1S/C18H18BrNO2/c1-22-17-11-14-5-3-2-4-13(14)10-16(17)20-18(21)12-6-8-15(19)9-7-12/h6-11H,2-5H2,1H3,(H,20,21). The Hall–Kier alpha value is -1.81. The number of anilines is 1. The quantitative estimate of drug-likeness (QED) is 0.870. The number of hydrogen-bond acceptors (Lipinski definition) is 2. The monoisotopic (exact) mass is 359 g/mol. The summed E-state index contributed by atoms with van der Waals surface area (Å²) in [6, 6.07) is 11.4. The number of halogens is 1. The van der Waals surface area contributed by atoms with Crippen molar-refractivity contribution < 1.29 is 9.53 Å². The fourth-order valence-electron chi connectivity index (χ4n) is 2.83. The molecular formula is C18H18BrNO2. The largest absolute Gasteiger partial charge is 0.495 e. The average Bonchev–Trinajstić information content (AvgIpc) is 2.54. The van der Waals surface area contributed by atoms with E-state index in [-0.39, 0.29) is 5.91 Å². The molecule has 0 atom stereocenters. The molecule has 2 aromatic carbocycles. The Kier molecular flexibility index (Phi) is 4.48. The lowest BCUT2D eigenvalue weighted by Crippen LogP contribution is -2.14. The highest BCUT2D eigenvalue weighted by molar-refractivity contribution is 9.10. The third kappa shape index (κ3) is 3.17. The van der Waals surface area contributed by atoms with Gasteiger partial charge in [0, 0.05) is 10.0 Å². The summed E-state index contributed by atoms with van der Waals surface area (Å²) in [5.41, 5.74) is 4.03. The number of fused-ring (bicyclic) bond motifs is 1. The summed E-state index contributed by atoms with van der Waals surface area (Å²) in [5, 5.41) is 2.97. The van der Waals surface area contributed by atoms with Gasteiger partial charge < -0.3 is 10.1 Å². The van der Waals surface area contributed by atoms with Gasteiger partial charge in [-0.05, 0) is 73.2 Å². The molecule has 0 aliphatic heterocycles. The van der Waals surface area contributed by atoms with Crippen LogP contribution in [0, 0.1) is 0 Å². The van der Waals surface area contributed by atoms with E-state index in [1.54, 1.807) is 19.2 Å². The number of methoxy groups -OCH3 is 1.